The largest absolute Gasteiger partial charge is 0.349 e. The van der Waals surface area contributed by atoms with Gasteiger partial charge in [-0.05, 0) is 43.6 Å². The van der Waals surface area contributed by atoms with E-state index in [1.165, 1.54) is 6.26 Å². The van der Waals surface area contributed by atoms with Gasteiger partial charge in [-0.3, -0.25) is 4.79 Å². The molecule has 1 aliphatic rings. The van der Waals surface area contributed by atoms with Crippen molar-refractivity contribution in [2.24, 2.45) is 11.8 Å². The van der Waals surface area contributed by atoms with Crippen LogP contribution in [0.15, 0.2) is 29.2 Å². The molecule has 2 unspecified atom stereocenters. The third-order valence-electron chi connectivity index (χ3n) is 4.10. The number of hydrogen-bond acceptors (Lipinski definition) is 4. The molecule has 1 heterocycles. The van der Waals surface area contributed by atoms with Crippen LogP contribution in [0.1, 0.15) is 25.5 Å². The number of benzene rings is 1. The van der Waals surface area contributed by atoms with Gasteiger partial charge in [0.1, 0.15) is 0 Å². The Morgan fingerprint density at radius 2 is 1.77 bits per heavy atom. The van der Waals surface area contributed by atoms with E-state index in [-0.39, 0.29) is 30.3 Å². The Hall–Kier alpha value is -1.11. The summed E-state index contributed by atoms with van der Waals surface area (Å²) < 4.78 is 22.8. The first-order valence-electron chi connectivity index (χ1n) is 7.10. The van der Waals surface area contributed by atoms with Crippen molar-refractivity contribution in [3.05, 3.63) is 29.8 Å². The van der Waals surface area contributed by atoms with Crippen molar-refractivity contribution in [3.63, 3.8) is 0 Å². The molecule has 124 valence electrons. The number of amides is 1. The van der Waals surface area contributed by atoms with Gasteiger partial charge in [0.2, 0.25) is 5.91 Å². The second kappa shape index (κ2) is 7.44. The zero-order valence-electron chi connectivity index (χ0n) is 13.0. The molecule has 22 heavy (non-hydrogen) atoms. The van der Waals surface area contributed by atoms with E-state index in [0.717, 1.165) is 18.7 Å². The van der Waals surface area contributed by atoms with E-state index >= 15 is 0 Å². The molecule has 1 aromatic rings. The summed E-state index contributed by atoms with van der Waals surface area (Å²) in [6, 6.07) is 6.51. The quantitative estimate of drug-likeness (QED) is 0.848. The van der Waals surface area contributed by atoms with E-state index < -0.39 is 9.84 Å². The van der Waals surface area contributed by atoms with Gasteiger partial charge >= 0.3 is 0 Å². The zero-order chi connectivity index (χ0) is 15.6. The maximum Gasteiger partial charge on any atom is 0.223 e. The first-order valence-corrected chi connectivity index (χ1v) is 8.99. The standard InChI is InChI=1S/C15H22N2O3S.ClH/c1-10(13-8-16-9-13)15(18)17-11(2)12-4-6-14(7-5-12)21(3,19)20;/h4-7,10-11,13,16H,8-9H2,1-3H3,(H,17,18);1H. The first-order chi connectivity index (χ1) is 9.79. The smallest absolute Gasteiger partial charge is 0.223 e. The summed E-state index contributed by atoms with van der Waals surface area (Å²) in [5.74, 6) is 0.440. The average molecular weight is 347 g/mol. The highest BCUT2D eigenvalue weighted by Gasteiger charge is 2.29. The normalized spacial score (nSPS) is 17.8. The summed E-state index contributed by atoms with van der Waals surface area (Å²) in [7, 11) is -3.18. The number of carbonyl (C=O) groups excluding carboxylic acids is 1. The fourth-order valence-corrected chi connectivity index (χ4v) is 2.94. The lowest BCUT2D eigenvalue weighted by atomic mass is 9.88. The van der Waals surface area contributed by atoms with Gasteiger partial charge in [0.05, 0.1) is 10.9 Å². The van der Waals surface area contributed by atoms with Gasteiger partial charge in [0.25, 0.3) is 0 Å². The van der Waals surface area contributed by atoms with Gasteiger partial charge in [-0.2, -0.15) is 0 Å². The van der Waals surface area contributed by atoms with Gasteiger partial charge in [-0.1, -0.05) is 19.1 Å². The van der Waals surface area contributed by atoms with Crippen LogP contribution in [-0.2, 0) is 14.6 Å². The zero-order valence-corrected chi connectivity index (χ0v) is 14.6. The molecule has 0 aliphatic carbocycles. The van der Waals surface area contributed by atoms with Crippen molar-refractivity contribution in [2.45, 2.75) is 24.8 Å². The van der Waals surface area contributed by atoms with Crippen LogP contribution in [-0.4, -0.2) is 33.7 Å². The second-order valence-corrected chi connectivity index (χ2v) is 7.79. The Morgan fingerprint density at radius 3 is 2.18 bits per heavy atom. The highest BCUT2D eigenvalue weighted by Crippen LogP contribution is 2.19. The minimum Gasteiger partial charge on any atom is -0.349 e. The molecule has 0 aromatic heterocycles. The molecule has 2 rings (SSSR count). The maximum absolute atomic E-state index is 12.2. The highest BCUT2D eigenvalue weighted by molar-refractivity contribution is 7.90. The molecule has 1 aromatic carbocycles. The number of hydrogen-bond donors (Lipinski definition) is 2. The van der Waals surface area contributed by atoms with Crippen LogP contribution in [0.3, 0.4) is 0 Å². The third-order valence-corrected chi connectivity index (χ3v) is 5.23. The van der Waals surface area contributed by atoms with Crippen molar-refractivity contribution in [1.29, 1.82) is 0 Å². The van der Waals surface area contributed by atoms with Gasteiger partial charge in [-0.25, -0.2) is 8.42 Å². The molecule has 0 radical (unpaired) electrons. The highest BCUT2D eigenvalue weighted by atomic mass is 35.5. The lowest BCUT2D eigenvalue weighted by Gasteiger charge is -2.32. The molecule has 1 saturated heterocycles. The number of rotatable bonds is 5. The van der Waals surface area contributed by atoms with Crippen molar-refractivity contribution in [1.82, 2.24) is 10.6 Å². The van der Waals surface area contributed by atoms with Crippen LogP contribution < -0.4 is 10.6 Å². The Bertz CT molecular complexity index is 612. The molecule has 1 amide bonds. The lowest BCUT2D eigenvalue weighted by molar-refractivity contribution is -0.127. The van der Waals surface area contributed by atoms with Crippen LogP contribution in [0.5, 0.6) is 0 Å². The molecule has 1 fully saturated rings. The van der Waals surface area contributed by atoms with E-state index in [0.29, 0.717) is 10.8 Å². The van der Waals surface area contributed by atoms with E-state index in [2.05, 4.69) is 10.6 Å². The predicted molar refractivity (Wildman–Crippen MR) is 88.9 cm³/mol. The minimum absolute atomic E-state index is 0. The lowest BCUT2D eigenvalue weighted by Crippen LogP contribution is -2.49. The molecular formula is C15H23ClN2O3S. The molecule has 0 saturated carbocycles. The summed E-state index contributed by atoms with van der Waals surface area (Å²) in [4.78, 5) is 12.4. The average Bonchev–Trinajstić information content (AvgIpc) is 2.35. The van der Waals surface area contributed by atoms with Crippen LogP contribution in [0.2, 0.25) is 0 Å². The van der Waals surface area contributed by atoms with E-state index in [4.69, 9.17) is 0 Å². The summed E-state index contributed by atoms with van der Waals surface area (Å²) >= 11 is 0. The Balaban J connectivity index is 0.00000242. The van der Waals surface area contributed by atoms with Crippen molar-refractivity contribution >= 4 is 28.2 Å². The fraction of sp³-hybridized carbons (Fsp3) is 0.533. The number of nitrogens with one attached hydrogen (secondary N) is 2. The van der Waals surface area contributed by atoms with Gasteiger partial charge in [-0.15, -0.1) is 12.4 Å². The summed E-state index contributed by atoms with van der Waals surface area (Å²) in [5.41, 5.74) is 0.898. The molecule has 2 N–H and O–H groups in total. The van der Waals surface area contributed by atoms with E-state index in [9.17, 15) is 13.2 Å². The molecule has 5 nitrogen and oxygen atoms in total. The van der Waals surface area contributed by atoms with E-state index in [1.54, 1.807) is 24.3 Å². The Labute approximate surface area is 138 Å². The SMILES string of the molecule is CC(NC(=O)C(C)C1CNC1)c1ccc(S(C)(=O)=O)cc1.Cl. The Kier molecular flexibility index (Phi) is 6.40. The Morgan fingerprint density at radius 1 is 1.23 bits per heavy atom. The predicted octanol–water partition coefficient (Wildman–Crippen LogP) is 1.54. The molecule has 0 bridgehead atoms. The topological polar surface area (TPSA) is 75.3 Å². The van der Waals surface area contributed by atoms with Crippen molar-refractivity contribution in [3.8, 4) is 0 Å². The van der Waals surface area contributed by atoms with Crippen LogP contribution in [0.4, 0.5) is 0 Å². The second-order valence-electron chi connectivity index (χ2n) is 5.78. The van der Waals surface area contributed by atoms with Gasteiger partial charge < -0.3 is 10.6 Å². The fourth-order valence-electron chi connectivity index (χ4n) is 2.31. The summed E-state index contributed by atoms with van der Waals surface area (Å²) in [6.45, 7) is 5.64. The molecular weight excluding hydrogens is 324 g/mol. The van der Waals surface area contributed by atoms with Crippen molar-refractivity contribution < 1.29 is 13.2 Å². The summed E-state index contributed by atoms with van der Waals surface area (Å²) in [5, 5.41) is 6.15. The molecule has 1 aliphatic heterocycles. The monoisotopic (exact) mass is 346 g/mol. The summed E-state index contributed by atoms with van der Waals surface area (Å²) in [6.07, 6.45) is 1.18. The number of halogens is 1. The first kappa shape index (κ1) is 18.9. The maximum atomic E-state index is 12.2. The number of carbonyl (C=O) groups is 1. The van der Waals surface area contributed by atoms with E-state index in [1.807, 2.05) is 13.8 Å². The van der Waals surface area contributed by atoms with Crippen molar-refractivity contribution in [2.75, 3.05) is 19.3 Å². The molecule has 2 atom stereocenters. The molecule has 7 heteroatoms. The minimum atomic E-state index is -3.18. The van der Waals surface area contributed by atoms with Crippen LogP contribution in [0.25, 0.3) is 0 Å². The van der Waals surface area contributed by atoms with Crippen LogP contribution in [0, 0.1) is 11.8 Å². The molecule has 0 spiro atoms. The van der Waals surface area contributed by atoms with Gasteiger partial charge in [0.15, 0.2) is 9.84 Å². The third kappa shape index (κ3) is 4.44. The number of sulfone groups is 1. The van der Waals surface area contributed by atoms with Gasteiger partial charge in [0, 0.05) is 12.2 Å². The van der Waals surface area contributed by atoms with Crippen LogP contribution >= 0.6 is 12.4 Å².